The lowest BCUT2D eigenvalue weighted by molar-refractivity contribution is -0.138. The predicted octanol–water partition coefficient (Wildman–Crippen LogP) is 5.94. The van der Waals surface area contributed by atoms with Gasteiger partial charge in [-0.05, 0) is 42.9 Å². The molecule has 1 heterocycles. The molecule has 0 atom stereocenters. The molecule has 0 saturated carbocycles. The molecule has 0 bridgehead atoms. The number of aliphatic carboxylic acids is 2. The zero-order chi connectivity index (χ0) is 21.5. The molecule has 8 heteroatoms. The zero-order valence-electron chi connectivity index (χ0n) is 17.2. The highest BCUT2D eigenvalue weighted by molar-refractivity contribution is 7.99. The second-order valence-corrected chi connectivity index (χ2v) is 9.18. The number of nitrogens with one attached hydrogen (secondary N) is 1. The van der Waals surface area contributed by atoms with E-state index in [1.54, 1.807) is 11.8 Å². The Balaban J connectivity index is 2.14. The van der Waals surface area contributed by atoms with Crippen molar-refractivity contribution in [3.05, 3.63) is 10.9 Å². The lowest BCUT2D eigenvalue weighted by Crippen LogP contribution is -2.10. The van der Waals surface area contributed by atoms with Crippen LogP contribution in [0.3, 0.4) is 0 Å². The van der Waals surface area contributed by atoms with Gasteiger partial charge in [0.2, 0.25) is 5.91 Å². The van der Waals surface area contributed by atoms with E-state index in [1.807, 2.05) is 12.3 Å². The van der Waals surface area contributed by atoms with Crippen molar-refractivity contribution in [2.45, 2.75) is 88.9 Å². The molecule has 1 amide bonds. The van der Waals surface area contributed by atoms with E-state index in [2.05, 4.69) is 5.32 Å². The summed E-state index contributed by atoms with van der Waals surface area (Å²) < 4.78 is 0. The second kappa shape index (κ2) is 15.3. The maximum atomic E-state index is 12.2. The number of carbonyl (C=O) groups excluding carboxylic acids is 1. The van der Waals surface area contributed by atoms with Gasteiger partial charge in [0.15, 0.2) is 0 Å². The number of carboxylic acids is 2. The Labute approximate surface area is 181 Å². The van der Waals surface area contributed by atoms with Crippen LogP contribution in [0.1, 0.15) is 82.6 Å². The molecule has 0 radical (unpaired) electrons. The SMILES string of the molecule is Cc1csc(NC(=O)CCCCCCCCCCC(=O)O)c1SCCCC(=O)O. The number of carbonyl (C=O) groups is 3. The largest absolute Gasteiger partial charge is 0.481 e. The average molecular weight is 444 g/mol. The van der Waals surface area contributed by atoms with Gasteiger partial charge in [0.25, 0.3) is 0 Å². The first-order chi connectivity index (χ1) is 13.9. The van der Waals surface area contributed by atoms with E-state index in [4.69, 9.17) is 10.2 Å². The fraction of sp³-hybridized carbons (Fsp3) is 0.667. The molecule has 0 aromatic carbocycles. The van der Waals surface area contributed by atoms with Crippen LogP contribution in [0.5, 0.6) is 0 Å². The van der Waals surface area contributed by atoms with E-state index in [1.165, 1.54) is 11.3 Å². The molecule has 6 nitrogen and oxygen atoms in total. The van der Waals surface area contributed by atoms with Crippen molar-refractivity contribution in [3.8, 4) is 0 Å². The minimum absolute atomic E-state index is 0.0351. The van der Waals surface area contributed by atoms with E-state index in [0.29, 0.717) is 12.8 Å². The second-order valence-electron chi connectivity index (χ2n) is 7.19. The molecule has 0 aliphatic carbocycles. The van der Waals surface area contributed by atoms with Crippen LogP contribution >= 0.6 is 23.1 Å². The number of amides is 1. The van der Waals surface area contributed by atoms with Gasteiger partial charge in [0.05, 0.1) is 0 Å². The predicted molar refractivity (Wildman–Crippen MR) is 119 cm³/mol. The van der Waals surface area contributed by atoms with Gasteiger partial charge in [0.1, 0.15) is 5.00 Å². The maximum Gasteiger partial charge on any atom is 0.303 e. The van der Waals surface area contributed by atoms with Crippen molar-refractivity contribution >= 4 is 45.9 Å². The molecule has 0 saturated heterocycles. The molecule has 29 heavy (non-hydrogen) atoms. The highest BCUT2D eigenvalue weighted by Gasteiger charge is 2.12. The summed E-state index contributed by atoms with van der Waals surface area (Å²) in [7, 11) is 0. The quantitative estimate of drug-likeness (QED) is 0.203. The highest BCUT2D eigenvalue weighted by atomic mass is 32.2. The number of hydrogen-bond donors (Lipinski definition) is 3. The van der Waals surface area contributed by atoms with E-state index in [0.717, 1.165) is 72.6 Å². The van der Waals surface area contributed by atoms with Crippen molar-refractivity contribution in [2.24, 2.45) is 0 Å². The topological polar surface area (TPSA) is 104 Å². The Morgan fingerprint density at radius 3 is 1.97 bits per heavy atom. The summed E-state index contributed by atoms with van der Waals surface area (Å²) in [6.45, 7) is 2.01. The standard InChI is InChI=1S/C21H33NO5S2/c1-16-15-29-21(20(16)28-14-10-13-19(26)27)22-17(23)11-8-6-4-2-3-5-7-9-12-18(24)25/h15H,2-14H2,1H3,(H,22,23)(H,24,25)(H,26,27). The Morgan fingerprint density at radius 2 is 1.38 bits per heavy atom. The lowest BCUT2D eigenvalue weighted by Gasteiger charge is -2.07. The van der Waals surface area contributed by atoms with Crippen LogP contribution in [-0.4, -0.2) is 33.8 Å². The van der Waals surface area contributed by atoms with Gasteiger partial charge in [-0.15, -0.1) is 23.1 Å². The van der Waals surface area contributed by atoms with Crippen LogP contribution in [0.15, 0.2) is 10.3 Å². The molecule has 164 valence electrons. The molecule has 1 rings (SSSR count). The Kier molecular flexibility index (Phi) is 13.5. The summed E-state index contributed by atoms with van der Waals surface area (Å²) in [4.78, 5) is 34.3. The minimum Gasteiger partial charge on any atom is -0.481 e. The molecule has 0 aliphatic heterocycles. The summed E-state index contributed by atoms with van der Waals surface area (Å²) in [6.07, 6.45) is 9.65. The summed E-state index contributed by atoms with van der Waals surface area (Å²) >= 11 is 3.13. The smallest absolute Gasteiger partial charge is 0.303 e. The molecule has 1 aromatic rings. The van der Waals surface area contributed by atoms with E-state index < -0.39 is 11.9 Å². The number of carboxylic acid groups (broad SMARTS) is 2. The lowest BCUT2D eigenvalue weighted by atomic mass is 10.1. The van der Waals surface area contributed by atoms with Crippen molar-refractivity contribution in [3.63, 3.8) is 0 Å². The minimum atomic E-state index is -0.778. The summed E-state index contributed by atoms with van der Waals surface area (Å²) in [5.74, 6) is -0.736. The third-order valence-corrected chi connectivity index (χ3v) is 6.95. The van der Waals surface area contributed by atoms with Gasteiger partial charge < -0.3 is 15.5 Å². The van der Waals surface area contributed by atoms with Gasteiger partial charge in [-0.2, -0.15) is 0 Å². The molecule has 3 N–H and O–H groups in total. The number of rotatable bonds is 17. The average Bonchev–Trinajstić information content (AvgIpc) is 2.99. The van der Waals surface area contributed by atoms with Crippen LogP contribution < -0.4 is 5.32 Å². The summed E-state index contributed by atoms with van der Waals surface area (Å²) in [5.41, 5.74) is 1.12. The Morgan fingerprint density at radius 1 is 0.862 bits per heavy atom. The van der Waals surface area contributed by atoms with E-state index in [-0.39, 0.29) is 18.7 Å². The first kappa shape index (κ1) is 25.5. The fourth-order valence-electron chi connectivity index (χ4n) is 2.91. The molecule has 0 spiro atoms. The third-order valence-electron chi connectivity index (χ3n) is 4.50. The number of thioether (sulfide) groups is 1. The number of anilines is 1. The number of hydrogen-bond acceptors (Lipinski definition) is 5. The molecular formula is C21H33NO5S2. The van der Waals surface area contributed by atoms with E-state index in [9.17, 15) is 14.4 Å². The summed E-state index contributed by atoms with van der Waals surface area (Å²) in [5, 5.41) is 23.2. The first-order valence-corrected chi connectivity index (χ1v) is 12.2. The molecule has 0 fully saturated rings. The first-order valence-electron chi connectivity index (χ1n) is 10.3. The molecule has 1 aromatic heterocycles. The Hall–Kier alpha value is -1.54. The van der Waals surface area contributed by atoms with Crippen molar-refractivity contribution < 1.29 is 24.6 Å². The Bertz CT molecular complexity index is 645. The number of thiophene rings is 1. The van der Waals surface area contributed by atoms with Gasteiger partial charge in [-0.25, -0.2) is 0 Å². The van der Waals surface area contributed by atoms with Crippen LogP contribution in [0.4, 0.5) is 5.00 Å². The molecular weight excluding hydrogens is 410 g/mol. The van der Waals surface area contributed by atoms with Crippen molar-refractivity contribution in [1.82, 2.24) is 0 Å². The van der Waals surface area contributed by atoms with Crippen LogP contribution in [-0.2, 0) is 14.4 Å². The monoisotopic (exact) mass is 443 g/mol. The van der Waals surface area contributed by atoms with Crippen molar-refractivity contribution in [2.75, 3.05) is 11.1 Å². The molecule has 0 aliphatic rings. The number of aryl methyl sites for hydroxylation is 1. The van der Waals surface area contributed by atoms with Crippen LogP contribution in [0.25, 0.3) is 0 Å². The van der Waals surface area contributed by atoms with Gasteiger partial charge >= 0.3 is 11.9 Å². The van der Waals surface area contributed by atoms with Gasteiger partial charge in [0, 0.05) is 24.2 Å². The zero-order valence-corrected chi connectivity index (χ0v) is 18.8. The maximum absolute atomic E-state index is 12.2. The fourth-order valence-corrected chi connectivity index (χ4v) is 5.12. The number of unbranched alkanes of at least 4 members (excludes halogenated alkanes) is 7. The molecule has 0 unspecified atom stereocenters. The normalized spacial score (nSPS) is 10.8. The van der Waals surface area contributed by atoms with Gasteiger partial charge in [-0.1, -0.05) is 38.5 Å². The summed E-state index contributed by atoms with van der Waals surface area (Å²) in [6, 6.07) is 0. The van der Waals surface area contributed by atoms with Crippen LogP contribution in [0.2, 0.25) is 0 Å². The third kappa shape index (κ3) is 12.6. The van der Waals surface area contributed by atoms with E-state index >= 15 is 0 Å². The van der Waals surface area contributed by atoms with Crippen molar-refractivity contribution in [1.29, 1.82) is 0 Å². The van der Waals surface area contributed by atoms with Gasteiger partial charge in [-0.3, -0.25) is 14.4 Å². The van der Waals surface area contributed by atoms with Crippen LogP contribution in [0, 0.1) is 6.92 Å². The highest BCUT2D eigenvalue weighted by Crippen LogP contribution is 2.37.